The Balaban J connectivity index is 1.49. The van der Waals surface area contributed by atoms with Crippen molar-refractivity contribution in [2.75, 3.05) is 6.79 Å². The highest BCUT2D eigenvalue weighted by atomic mass is 16.7. The van der Waals surface area contributed by atoms with Gasteiger partial charge < -0.3 is 14.8 Å². The Labute approximate surface area is 144 Å². The van der Waals surface area contributed by atoms with Crippen LogP contribution in [0.2, 0.25) is 0 Å². The number of carbonyl (C=O) groups excluding carboxylic acids is 1. The molecule has 2 heterocycles. The summed E-state index contributed by atoms with van der Waals surface area (Å²) in [4.78, 5) is 28.7. The quantitative estimate of drug-likeness (QED) is 0.915. The van der Waals surface area contributed by atoms with Crippen LogP contribution in [-0.2, 0) is 11.3 Å². The normalized spacial score (nSPS) is 16.2. The molecule has 1 fully saturated rings. The highest BCUT2D eigenvalue weighted by molar-refractivity contribution is 5.76. The third-order valence-electron chi connectivity index (χ3n) is 4.58. The van der Waals surface area contributed by atoms with E-state index < -0.39 is 0 Å². The van der Waals surface area contributed by atoms with Crippen LogP contribution in [0.5, 0.6) is 11.5 Å². The molecule has 0 unspecified atom stereocenters. The number of benzene rings is 1. The molecule has 0 bridgehead atoms. The number of hydrogen-bond acceptors (Lipinski definition) is 5. The Bertz CT molecular complexity index is 856. The van der Waals surface area contributed by atoms with Crippen LogP contribution in [0.15, 0.2) is 35.4 Å². The molecule has 25 heavy (non-hydrogen) atoms. The van der Waals surface area contributed by atoms with Gasteiger partial charge in [-0.25, -0.2) is 4.98 Å². The first-order chi connectivity index (χ1) is 12.2. The van der Waals surface area contributed by atoms with E-state index in [1.54, 1.807) is 12.1 Å². The maximum absolute atomic E-state index is 12.3. The van der Waals surface area contributed by atoms with E-state index in [1.165, 1.54) is 17.0 Å². The van der Waals surface area contributed by atoms with Gasteiger partial charge in [0.15, 0.2) is 11.5 Å². The van der Waals surface area contributed by atoms with Gasteiger partial charge in [0.1, 0.15) is 6.54 Å². The van der Waals surface area contributed by atoms with E-state index in [2.05, 4.69) is 10.3 Å². The molecule has 1 aromatic heterocycles. The predicted octanol–water partition coefficient (Wildman–Crippen LogP) is 1.70. The number of nitrogens with one attached hydrogen (secondary N) is 1. The minimum absolute atomic E-state index is 0.0102. The first kappa shape index (κ1) is 15.7. The monoisotopic (exact) mass is 341 g/mol. The lowest BCUT2D eigenvalue weighted by molar-refractivity contribution is -0.122. The maximum atomic E-state index is 12.3. The van der Waals surface area contributed by atoms with E-state index in [0.29, 0.717) is 17.2 Å². The van der Waals surface area contributed by atoms with Crippen LogP contribution in [0.25, 0.3) is 11.3 Å². The molecule has 7 heteroatoms. The molecule has 0 atom stereocenters. The lowest BCUT2D eigenvalue weighted by atomic mass is 10.1. The van der Waals surface area contributed by atoms with E-state index >= 15 is 0 Å². The largest absolute Gasteiger partial charge is 0.454 e. The van der Waals surface area contributed by atoms with Crippen molar-refractivity contribution < 1.29 is 14.3 Å². The summed E-state index contributed by atoms with van der Waals surface area (Å²) in [6, 6.07) is 7.08. The number of hydrogen-bond donors (Lipinski definition) is 1. The van der Waals surface area contributed by atoms with Crippen molar-refractivity contribution in [3.8, 4) is 22.8 Å². The molecule has 2 aromatic rings. The van der Waals surface area contributed by atoms with Gasteiger partial charge in [0.2, 0.25) is 12.7 Å². The summed E-state index contributed by atoms with van der Waals surface area (Å²) in [5.74, 6) is 1.17. The van der Waals surface area contributed by atoms with Crippen LogP contribution in [0, 0.1) is 0 Å². The molecule has 0 spiro atoms. The zero-order valence-corrected chi connectivity index (χ0v) is 13.7. The third-order valence-corrected chi connectivity index (χ3v) is 4.58. The van der Waals surface area contributed by atoms with Gasteiger partial charge in [-0.3, -0.25) is 14.2 Å². The van der Waals surface area contributed by atoms with Gasteiger partial charge >= 0.3 is 0 Å². The van der Waals surface area contributed by atoms with Crippen LogP contribution in [0.1, 0.15) is 25.7 Å². The van der Waals surface area contributed by atoms with Crippen LogP contribution in [-0.4, -0.2) is 28.3 Å². The molecule has 1 aliphatic heterocycles. The average Bonchev–Trinajstić information content (AvgIpc) is 3.27. The maximum Gasteiger partial charge on any atom is 0.254 e. The number of carbonyl (C=O) groups is 1. The fourth-order valence-electron chi connectivity index (χ4n) is 3.26. The van der Waals surface area contributed by atoms with Gasteiger partial charge in [-0.2, -0.15) is 0 Å². The highest BCUT2D eigenvalue weighted by Gasteiger charge is 2.18. The molecule has 1 amide bonds. The topological polar surface area (TPSA) is 82.5 Å². The summed E-state index contributed by atoms with van der Waals surface area (Å²) >= 11 is 0. The molecule has 1 saturated carbocycles. The molecule has 0 radical (unpaired) electrons. The van der Waals surface area contributed by atoms with E-state index in [-0.39, 0.29) is 30.8 Å². The van der Waals surface area contributed by atoms with Gasteiger partial charge in [-0.1, -0.05) is 12.8 Å². The second-order valence-corrected chi connectivity index (χ2v) is 6.36. The Morgan fingerprint density at radius 3 is 2.80 bits per heavy atom. The standard InChI is InChI=1S/C18H19N3O4/c22-17(20-13-3-1-2-4-13)9-21-10-19-14(8-18(21)23)12-5-6-15-16(7-12)25-11-24-15/h5-8,10,13H,1-4,9,11H2,(H,20,22). The first-order valence-electron chi connectivity index (χ1n) is 8.45. The molecule has 1 aliphatic carbocycles. The summed E-state index contributed by atoms with van der Waals surface area (Å²) in [6.45, 7) is 0.188. The number of fused-ring (bicyclic) bond motifs is 1. The summed E-state index contributed by atoms with van der Waals surface area (Å²) in [5.41, 5.74) is 1.05. The molecular weight excluding hydrogens is 322 g/mol. The molecule has 0 saturated heterocycles. The third kappa shape index (κ3) is 3.35. The van der Waals surface area contributed by atoms with Crippen molar-refractivity contribution in [2.45, 2.75) is 38.3 Å². The van der Waals surface area contributed by atoms with Crippen molar-refractivity contribution in [3.63, 3.8) is 0 Å². The van der Waals surface area contributed by atoms with Crippen molar-refractivity contribution in [1.29, 1.82) is 0 Å². The smallest absolute Gasteiger partial charge is 0.254 e. The Kier molecular flexibility index (Phi) is 4.13. The van der Waals surface area contributed by atoms with Gasteiger partial charge in [-0.15, -0.1) is 0 Å². The van der Waals surface area contributed by atoms with Crippen LogP contribution in [0.3, 0.4) is 0 Å². The predicted molar refractivity (Wildman–Crippen MR) is 90.5 cm³/mol. The second kappa shape index (κ2) is 6.58. The van der Waals surface area contributed by atoms with Crippen molar-refractivity contribution in [1.82, 2.24) is 14.9 Å². The molecular formula is C18H19N3O4. The molecule has 7 nitrogen and oxygen atoms in total. The lowest BCUT2D eigenvalue weighted by Crippen LogP contribution is -2.37. The molecule has 4 rings (SSSR count). The Morgan fingerprint density at radius 1 is 1.20 bits per heavy atom. The second-order valence-electron chi connectivity index (χ2n) is 6.36. The minimum atomic E-state index is -0.260. The van der Waals surface area contributed by atoms with E-state index in [0.717, 1.165) is 31.2 Å². The van der Waals surface area contributed by atoms with Crippen LogP contribution < -0.4 is 20.3 Å². The average molecular weight is 341 g/mol. The number of rotatable bonds is 4. The fraction of sp³-hybridized carbons (Fsp3) is 0.389. The molecule has 1 N–H and O–H groups in total. The zero-order valence-electron chi connectivity index (χ0n) is 13.7. The minimum Gasteiger partial charge on any atom is -0.454 e. The van der Waals surface area contributed by atoms with Crippen LogP contribution in [0.4, 0.5) is 0 Å². The summed E-state index contributed by atoms with van der Waals surface area (Å²) in [6.07, 6.45) is 5.74. The van der Waals surface area contributed by atoms with E-state index in [9.17, 15) is 9.59 Å². The molecule has 130 valence electrons. The number of aromatic nitrogens is 2. The molecule has 2 aliphatic rings. The zero-order chi connectivity index (χ0) is 17.2. The van der Waals surface area contributed by atoms with Gasteiger partial charge in [-0.05, 0) is 31.0 Å². The number of amides is 1. The van der Waals surface area contributed by atoms with Crippen LogP contribution >= 0.6 is 0 Å². The summed E-state index contributed by atoms with van der Waals surface area (Å²) < 4.78 is 11.9. The van der Waals surface area contributed by atoms with E-state index in [4.69, 9.17) is 9.47 Å². The Morgan fingerprint density at radius 2 is 2.00 bits per heavy atom. The molecule has 1 aromatic carbocycles. The Hall–Kier alpha value is -2.83. The number of nitrogens with zero attached hydrogens (tertiary/aromatic N) is 2. The van der Waals surface area contributed by atoms with Crippen molar-refractivity contribution in [2.24, 2.45) is 0 Å². The summed E-state index contributed by atoms with van der Waals surface area (Å²) in [5, 5.41) is 2.97. The van der Waals surface area contributed by atoms with Gasteiger partial charge in [0.05, 0.1) is 12.0 Å². The van der Waals surface area contributed by atoms with Gasteiger partial charge in [0.25, 0.3) is 5.56 Å². The summed E-state index contributed by atoms with van der Waals surface area (Å²) in [7, 11) is 0. The highest BCUT2D eigenvalue weighted by Crippen LogP contribution is 2.35. The van der Waals surface area contributed by atoms with Crippen molar-refractivity contribution >= 4 is 5.91 Å². The van der Waals surface area contributed by atoms with Crippen molar-refractivity contribution in [3.05, 3.63) is 40.9 Å². The first-order valence-corrected chi connectivity index (χ1v) is 8.45. The SMILES string of the molecule is O=C(Cn1cnc(-c2ccc3c(c2)OCO3)cc1=O)NC1CCCC1. The fourth-order valence-corrected chi connectivity index (χ4v) is 3.26. The number of ether oxygens (including phenoxy) is 2. The lowest BCUT2D eigenvalue weighted by Gasteiger charge is -2.12. The van der Waals surface area contributed by atoms with E-state index in [1.807, 2.05) is 6.07 Å². The van der Waals surface area contributed by atoms with Gasteiger partial charge in [0, 0.05) is 17.7 Å².